The molecule has 92 valence electrons. The fourth-order valence-corrected chi connectivity index (χ4v) is 1.65. The predicted octanol–water partition coefficient (Wildman–Crippen LogP) is -1.34. The zero-order valence-electron chi connectivity index (χ0n) is 9.20. The van der Waals surface area contributed by atoms with E-state index < -0.39 is 23.3 Å². The number of hydrogen-bond donors (Lipinski definition) is 0. The number of aromatic nitrogens is 2. The summed E-state index contributed by atoms with van der Waals surface area (Å²) in [4.78, 5) is 25.2. The topological polar surface area (TPSA) is 98.1 Å². The van der Waals surface area contributed by atoms with Gasteiger partial charge in [0.1, 0.15) is 5.69 Å². The Morgan fingerprint density at radius 3 is 2.33 bits per heavy atom. The molecule has 0 aliphatic heterocycles. The zero-order chi connectivity index (χ0) is 13.1. The Balaban J connectivity index is 2.40. The minimum atomic E-state index is -1.64. The van der Waals surface area contributed by atoms with Crippen LogP contribution >= 0.6 is 0 Å². The molecule has 6 nitrogen and oxygen atoms in total. The maximum absolute atomic E-state index is 10.9. The van der Waals surface area contributed by atoms with Gasteiger partial charge in [-0.05, 0) is 5.56 Å². The Hall–Kier alpha value is -2.63. The molecule has 6 heteroatoms. The molecule has 0 N–H and O–H groups in total. The van der Waals surface area contributed by atoms with Gasteiger partial charge >= 0.3 is 0 Å². The third-order valence-electron chi connectivity index (χ3n) is 2.42. The molecule has 18 heavy (non-hydrogen) atoms. The quantitative estimate of drug-likeness (QED) is 0.662. The number of aromatic carboxylic acids is 2. The summed E-state index contributed by atoms with van der Waals surface area (Å²) in [6.45, 7) is 0.199. The minimum Gasteiger partial charge on any atom is -0.543 e. The van der Waals surface area contributed by atoms with Crippen LogP contribution in [0.3, 0.4) is 0 Å². The van der Waals surface area contributed by atoms with Crippen LogP contribution in [0.25, 0.3) is 0 Å². The van der Waals surface area contributed by atoms with Crippen molar-refractivity contribution in [3.63, 3.8) is 0 Å². The van der Waals surface area contributed by atoms with E-state index in [4.69, 9.17) is 0 Å². The highest BCUT2D eigenvalue weighted by Gasteiger charge is 2.12. The average molecular weight is 244 g/mol. The van der Waals surface area contributed by atoms with Crippen molar-refractivity contribution < 1.29 is 19.8 Å². The molecule has 1 heterocycles. The summed E-state index contributed by atoms with van der Waals surface area (Å²) in [5.74, 6) is -3.23. The molecule has 0 saturated carbocycles. The first-order valence-electron chi connectivity index (χ1n) is 5.11. The third kappa shape index (κ3) is 2.22. The largest absolute Gasteiger partial charge is 0.543 e. The number of carbonyl (C=O) groups is 2. The third-order valence-corrected chi connectivity index (χ3v) is 2.42. The van der Waals surface area contributed by atoms with E-state index in [-0.39, 0.29) is 6.54 Å². The number of nitrogens with zero attached hydrogens (tertiary/aromatic N) is 2. The van der Waals surface area contributed by atoms with Gasteiger partial charge < -0.3 is 24.4 Å². The number of hydrogen-bond acceptors (Lipinski definition) is 5. The van der Waals surface area contributed by atoms with E-state index in [1.54, 1.807) is 24.3 Å². The molecule has 1 aromatic heterocycles. The van der Waals surface area contributed by atoms with E-state index in [1.807, 2.05) is 6.07 Å². The van der Waals surface area contributed by atoms with Gasteiger partial charge in [-0.15, -0.1) is 0 Å². The number of carbonyl (C=O) groups excluding carboxylic acids is 2. The van der Waals surface area contributed by atoms with Gasteiger partial charge in [-0.25, -0.2) is 4.98 Å². The molecular formula is C12H8N2O4-2. The Labute approximate surface area is 102 Å². The lowest BCUT2D eigenvalue weighted by atomic mass is 10.2. The van der Waals surface area contributed by atoms with Crippen molar-refractivity contribution in [1.82, 2.24) is 9.55 Å². The summed E-state index contributed by atoms with van der Waals surface area (Å²) in [6.07, 6.45) is 1.14. The second kappa shape index (κ2) is 4.70. The standard InChI is InChI=1S/C12H10N2O4/c15-11(16)9-10(12(17)18)14(7-13-9)6-8-4-2-1-3-5-8/h1-5,7H,6H2,(H,15,16)(H,17,18)/p-2. The molecule has 0 spiro atoms. The molecule has 0 aliphatic rings. The summed E-state index contributed by atoms with van der Waals surface area (Å²) < 4.78 is 1.20. The van der Waals surface area contributed by atoms with Crippen LogP contribution in [0.5, 0.6) is 0 Å². The van der Waals surface area contributed by atoms with Crippen LogP contribution in [0.15, 0.2) is 36.7 Å². The van der Waals surface area contributed by atoms with E-state index in [0.29, 0.717) is 0 Å². The van der Waals surface area contributed by atoms with Crippen LogP contribution in [0.2, 0.25) is 0 Å². The molecule has 0 amide bonds. The van der Waals surface area contributed by atoms with Crippen molar-refractivity contribution in [3.05, 3.63) is 53.6 Å². The number of benzene rings is 1. The van der Waals surface area contributed by atoms with Gasteiger partial charge in [0.25, 0.3) is 0 Å². The van der Waals surface area contributed by atoms with Crippen LogP contribution in [0.4, 0.5) is 0 Å². The summed E-state index contributed by atoms with van der Waals surface area (Å²) in [7, 11) is 0. The van der Waals surface area contributed by atoms with Gasteiger partial charge in [-0.2, -0.15) is 0 Å². The van der Waals surface area contributed by atoms with Gasteiger partial charge in [-0.1, -0.05) is 30.3 Å². The molecule has 0 unspecified atom stereocenters. The van der Waals surface area contributed by atoms with Crippen LogP contribution < -0.4 is 10.2 Å². The summed E-state index contributed by atoms with van der Waals surface area (Å²) in [5.41, 5.74) is -0.285. The first kappa shape index (κ1) is 11.8. The van der Waals surface area contributed by atoms with Gasteiger partial charge in [0.15, 0.2) is 0 Å². The molecule has 0 radical (unpaired) electrons. The Morgan fingerprint density at radius 2 is 1.78 bits per heavy atom. The highest BCUT2D eigenvalue weighted by atomic mass is 16.4. The van der Waals surface area contributed by atoms with Gasteiger partial charge in [-0.3, -0.25) is 0 Å². The van der Waals surface area contributed by atoms with E-state index in [0.717, 1.165) is 11.9 Å². The molecule has 2 aromatic rings. The van der Waals surface area contributed by atoms with Crippen molar-refractivity contribution in [2.24, 2.45) is 0 Å². The fourth-order valence-electron chi connectivity index (χ4n) is 1.65. The molecule has 1 aromatic carbocycles. The van der Waals surface area contributed by atoms with Crippen molar-refractivity contribution in [2.75, 3.05) is 0 Å². The lowest BCUT2D eigenvalue weighted by Crippen LogP contribution is -2.31. The number of imidazole rings is 1. The van der Waals surface area contributed by atoms with Crippen molar-refractivity contribution in [2.45, 2.75) is 6.54 Å². The maximum atomic E-state index is 10.9. The van der Waals surface area contributed by atoms with E-state index in [9.17, 15) is 19.8 Å². The van der Waals surface area contributed by atoms with Crippen LogP contribution in [0.1, 0.15) is 26.5 Å². The molecule has 0 saturated heterocycles. The van der Waals surface area contributed by atoms with Crippen LogP contribution in [0, 0.1) is 0 Å². The molecule has 0 atom stereocenters. The fraction of sp³-hybridized carbons (Fsp3) is 0.0833. The lowest BCUT2D eigenvalue weighted by molar-refractivity contribution is -0.260. The Bertz CT molecular complexity index is 589. The summed E-state index contributed by atoms with van der Waals surface area (Å²) in [5, 5.41) is 21.6. The molecule has 0 bridgehead atoms. The monoisotopic (exact) mass is 244 g/mol. The second-order valence-corrected chi connectivity index (χ2v) is 3.63. The highest BCUT2D eigenvalue weighted by Crippen LogP contribution is 2.09. The predicted molar refractivity (Wildman–Crippen MR) is 56.4 cm³/mol. The maximum Gasteiger partial charge on any atom is 0.113 e. The number of carboxylic acid groups (broad SMARTS) is 2. The van der Waals surface area contributed by atoms with E-state index in [1.165, 1.54) is 4.57 Å². The van der Waals surface area contributed by atoms with Crippen molar-refractivity contribution >= 4 is 11.9 Å². The van der Waals surface area contributed by atoms with Crippen molar-refractivity contribution in [3.8, 4) is 0 Å². The first-order valence-corrected chi connectivity index (χ1v) is 5.11. The molecule has 0 aliphatic carbocycles. The number of carboxylic acids is 2. The molecular weight excluding hydrogens is 236 g/mol. The summed E-state index contributed by atoms with van der Waals surface area (Å²) in [6, 6.07) is 8.99. The molecule has 2 rings (SSSR count). The zero-order valence-corrected chi connectivity index (χ0v) is 9.20. The van der Waals surface area contributed by atoms with E-state index >= 15 is 0 Å². The second-order valence-electron chi connectivity index (χ2n) is 3.63. The minimum absolute atomic E-state index is 0.199. The highest BCUT2D eigenvalue weighted by molar-refractivity contribution is 5.97. The summed E-state index contributed by atoms with van der Waals surface area (Å²) >= 11 is 0. The number of rotatable bonds is 4. The normalized spacial score (nSPS) is 10.2. The lowest BCUT2D eigenvalue weighted by Gasteiger charge is -2.11. The van der Waals surface area contributed by atoms with Crippen LogP contribution in [-0.2, 0) is 6.54 Å². The SMILES string of the molecule is O=C([O-])c1ncn(Cc2ccccc2)c1C(=O)[O-]. The Morgan fingerprint density at radius 1 is 1.11 bits per heavy atom. The van der Waals surface area contributed by atoms with Crippen molar-refractivity contribution in [1.29, 1.82) is 0 Å². The van der Waals surface area contributed by atoms with E-state index in [2.05, 4.69) is 4.98 Å². The van der Waals surface area contributed by atoms with Crippen LogP contribution in [-0.4, -0.2) is 21.5 Å². The van der Waals surface area contributed by atoms with Gasteiger partial charge in [0.2, 0.25) is 0 Å². The Kier molecular flexibility index (Phi) is 3.09. The van der Waals surface area contributed by atoms with Gasteiger partial charge in [0, 0.05) is 6.54 Å². The molecule has 0 fully saturated rings. The smallest absolute Gasteiger partial charge is 0.113 e. The average Bonchev–Trinajstić information content (AvgIpc) is 2.74. The first-order chi connectivity index (χ1) is 8.59. The van der Waals surface area contributed by atoms with Gasteiger partial charge in [0.05, 0.1) is 24.0 Å².